The molecule has 0 spiro atoms. The summed E-state index contributed by atoms with van der Waals surface area (Å²) >= 11 is 0. The molecule has 14 heteroatoms. The third-order valence-corrected chi connectivity index (χ3v) is 15.7. The van der Waals surface area contributed by atoms with Crippen molar-refractivity contribution in [2.24, 2.45) is 0 Å². The Morgan fingerprint density at radius 3 is 1.23 bits per heavy atom. The van der Waals surface area contributed by atoms with Gasteiger partial charge in [-0.1, -0.05) is 267 Å². The van der Waals surface area contributed by atoms with Crippen molar-refractivity contribution in [2.45, 2.75) is 325 Å². The van der Waals surface area contributed by atoms with Crippen LogP contribution < -0.4 is 5.32 Å². The summed E-state index contributed by atoms with van der Waals surface area (Å²) in [6, 6.07) is -0.875. The van der Waals surface area contributed by atoms with E-state index in [4.69, 9.17) is 18.9 Å². The molecule has 1 amide bonds. The van der Waals surface area contributed by atoms with Crippen LogP contribution >= 0.6 is 0 Å². The van der Waals surface area contributed by atoms with Crippen LogP contribution in [-0.2, 0) is 23.7 Å². The number of carbonyl (C=O) groups is 1. The van der Waals surface area contributed by atoms with Crippen LogP contribution in [0.25, 0.3) is 0 Å². The summed E-state index contributed by atoms with van der Waals surface area (Å²) in [4.78, 5) is 13.3. The number of unbranched alkanes of at least 4 members (excludes halogenated alkanes) is 27. The second kappa shape index (κ2) is 51.8. The second-order valence-electron chi connectivity index (χ2n) is 22.9. The first-order chi connectivity index (χ1) is 39.6. The molecule has 81 heavy (non-hydrogen) atoms. The molecule has 0 aliphatic carbocycles. The fraction of sp³-hybridized carbons (Fsp3) is 0.806. The fourth-order valence-corrected chi connectivity index (χ4v) is 10.5. The Morgan fingerprint density at radius 2 is 0.827 bits per heavy atom. The molecule has 0 radical (unpaired) electrons. The van der Waals surface area contributed by atoms with Gasteiger partial charge in [0.15, 0.2) is 12.6 Å². The van der Waals surface area contributed by atoms with Crippen molar-refractivity contribution in [3.63, 3.8) is 0 Å². The minimum absolute atomic E-state index is 0.176. The first-order valence-electron chi connectivity index (χ1n) is 32.7. The molecule has 470 valence electrons. The summed E-state index contributed by atoms with van der Waals surface area (Å²) in [5, 5.41) is 87.4. The lowest BCUT2D eigenvalue weighted by molar-refractivity contribution is -0.359. The van der Waals surface area contributed by atoms with E-state index in [0.717, 1.165) is 64.2 Å². The van der Waals surface area contributed by atoms with Gasteiger partial charge in [0.2, 0.25) is 5.91 Å². The standard InChI is InChI=1S/C67H119NO13/c1-3-5-7-9-11-13-15-17-19-21-23-24-25-26-27-28-29-30-31-33-34-36-38-40-42-44-46-48-50-56(71)55(68-59(72)51-49-47-45-43-41-39-37-35-32-22-20-18-16-14-12-10-8-6-4-2)54-78-66-64(77)62(75)65(58(53-70)80-66)81-67-63(76)61(74)60(73)57(52-69)79-67/h6,8,12,14,18,20,32,35,39,41,45,47,55-58,60-67,69-71,73-77H,3-5,7,9-11,13,15-17,19,21-31,33-34,36-38,40,42-44,46,48-54H2,1-2H3,(H,68,72)/b8-6-,14-12-,20-18-,35-32-,41-39-,47-45-. The number of aliphatic hydroxyl groups excluding tert-OH is 8. The number of carbonyl (C=O) groups excluding carboxylic acids is 1. The van der Waals surface area contributed by atoms with Crippen molar-refractivity contribution >= 4 is 5.91 Å². The average molecular weight is 1150 g/mol. The van der Waals surface area contributed by atoms with Crippen LogP contribution in [0.4, 0.5) is 0 Å². The maximum Gasteiger partial charge on any atom is 0.220 e. The SMILES string of the molecule is CC/C=C\C/C=C\C/C=C\C/C=C\C/C=C\C/C=C\CCC(=O)NC(COC1OC(CO)C(OC2OC(CO)C(O)C(O)C2O)C(O)C1O)C(O)CCCCCCCCCCCCCCCCCCCCCCCCCCCCCC. The molecule has 14 nitrogen and oxygen atoms in total. The Hall–Kier alpha value is -2.57. The van der Waals surface area contributed by atoms with Crippen LogP contribution in [-0.4, -0.2) is 140 Å². The largest absolute Gasteiger partial charge is 0.394 e. The fourth-order valence-electron chi connectivity index (χ4n) is 10.5. The Bertz CT molecular complexity index is 1630. The molecular weight excluding hydrogens is 1030 g/mol. The minimum atomic E-state index is -1.79. The maximum atomic E-state index is 13.3. The molecule has 2 rings (SSSR count). The third kappa shape index (κ3) is 36.8. The highest BCUT2D eigenvalue weighted by Gasteiger charge is 2.51. The first-order valence-corrected chi connectivity index (χ1v) is 32.7. The summed E-state index contributed by atoms with van der Waals surface area (Å²) in [7, 11) is 0. The normalized spacial score (nSPS) is 24.6. The van der Waals surface area contributed by atoms with Crippen molar-refractivity contribution in [1.82, 2.24) is 5.32 Å². The number of amides is 1. The van der Waals surface area contributed by atoms with Gasteiger partial charge in [-0.05, 0) is 51.4 Å². The van der Waals surface area contributed by atoms with E-state index >= 15 is 0 Å². The molecule has 9 N–H and O–H groups in total. The van der Waals surface area contributed by atoms with Gasteiger partial charge in [0, 0.05) is 6.42 Å². The molecule has 0 bridgehead atoms. The lowest BCUT2D eigenvalue weighted by Crippen LogP contribution is -2.65. The lowest BCUT2D eigenvalue weighted by atomic mass is 9.97. The van der Waals surface area contributed by atoms with Gasteiger partial charge in [-0.3, -0.25) is 4.79 Å². The van der Waals surface area contributed by atoms with Crippen LogP contribution in [0.1, 0.15) is 251 Å². The van der Waals surface area contributed by atoms with Gasteiger partial charge in [-0.15, -0.1) is 0 Å². The number of aliphatic hydroxyl groups is 8. The predicted octanol–water partition coefficient (Wildman–Crippen LogP) is 12.3. The minimum Gasteiger partial charge on any atom is -0.394 e. The number of hydrogen-bond acceptors (Lipinski definition) is 13. The van der Waals surface area contributed by atoms with Crippen LogP contribution in [0, 0.1) is 0 Å². The van der Waals surface area contributed by atoms with E-state index in [1.807, 2.05) is 12.2 Å². The van der Waals surface area contributed by atoms with Crippen molar-refractivity contribution < 1.29 is 64.6 Å². The van der Waals surface area contributed by atoms with Crippen molar-refractivity contribution in [3.8, 4) is 0 Å². The van der Waals surface area contributed by atoms with Gasteiger partial charge < -0.3 is 65.1 Å². The molecule has 12 atom stereocenters. The molecule has 0 aromatic carbocycles. The Kier molecular flexibility index (Phi) is 47.7. The molecule has 0 saturated carbocycles. The predicted molar refractivity (Wildman–Crippen MR) is 327 cm³/mol. The average Bonchev–Trinajstić information content (AvgIpc) is 3.63. The number of nitrogens with one attached hydrogen (secondary N) is 1. The van der Waals surface area contributed by atoms with Crippen LogP contribution in [0.2, 0.25) is 0 Å². The summed E-state index contributed by atoms with van der Waals surface area (Å²) in [6.45, 7) is 2.72. The van der Waals surface area contributed by atoms with E-state index in [-0.39, 0.29) is 18.9 Å². The molecule has 2 aliphatic rings. The van der Waals surface area contributed by atoms with Crippen molar-refractivity contribution in [3.05, 3.63) is 72.9 Å². The van der Waals surface area contributed by atoms with Crippen LogP contribution in [0.5, 0.6) is 0 Å². The quantitative estimate of drug-likeness (QED) is 0.0204. The molecule has 2 fully saturated rings. The van der Waals surface area contributed by atoms with E-state index in [0.29, 0.717) is 12.8 Å². The summed E-state index contributed by atoms with van der Waals surface area (Å²) in [6.07, 6.45) is 52.2. The molecule has 0 aromatic rings. The van der Waals surface area contributed by atoms with E-state index in [1.165, 1.54) is 154 Å². The molecule has 12 unspecified atom stereocenters. The first kappa shape index (κ1) is 74.5. The number of ether oxygens (including phenoxy) is 4. The zero-order valence-corrected chi connectivity index (χ0v) is 50.8. The molecule has 2 heterocycles. The Morgan fingerprint density at radius 1 is 0.457 bits per heavy atom. The monoisotopic (exact) mass is 1150 g/mol. The summed E-state index contributed by atoms with van der Waals surface area (Å²) in [5.74, 6) is -0.288. The van der Waals surface area contributed by atoms with Crippen molar-refractivity contribution in [1.29, 1.82) is 0 Å². The Labute approximate surface area is 491 Å². The third-order valence-electron chi connectivity index (χ3n) is 15.7. The zero-order chi connectivity index (χ0) is 58.8. The van der Waals surface area contributed by atoms with E-state index < -0.39 is 86.8 Å². The highest BCUT2D eigenvalue weighted by Crippen LogP contribution is 2.30. The number of allylic oxidation sites excluding steroid dienone is 12. The van der Waals surface area contributed by atoms with Gasteiger partial charge in [0.25, 0.3) is 0 Å². The summed E-state index contributed by atoms with van der Waals surface area (Å²) in [5.41, 5.74) is 0. The lowest BCUT2D eigenvalue weighted by Gasteiger charge is -2.46. The molecule has 0 aromatic heterocycles. The van der Waals surface area contributed by atoms with Gasteiger partial charge in [-0.25, -0.2) is 0 Å². The Balaban J connectivity index is 1.72. The molecule has 2 saturated heterocycles. The number of hydrogen-bond donors (Lipinski definition) is 9. The van der Waals surface area contributed by atoms with Crippen molar-refractivity contribution in [2.75, 3.05) is 19.8 Å². The highest BCUT2D eigenvalue weighted by atomic mass is 16.7. The number of rotatable bonds is 52. The van der Waals surface area contributed by atoms with E-state index in [9.17, 15) is 45.6 Å². The van der Waals surface area contributed by atoms with Crippen LogP contribution in [0.3, 0.4) is 0 Å². The zero-order valence-electron chi connectivity index (χ0n) is 50.8. The highest BCUT2D eigenvalue weighted by molar-refractivity contribution is 5.76. The molecule has 2 aliphatic heterocycles. The molecular formula is C67H119NO13. The van der Waals surface area contributed by atoms with Gasteiger partial charge >= 0.3 is 0 Å². The summed E-state index contributed by atoms with van der Waals surface area (Å²) < 4.78 is 22.8. The maximum absolute atomic E-state index is 13.3. The van der Waals surface area contributed by atoms with Gasteiger partial charge in [0.05, 0.1) is 32.0 Å². The van der Waals surface area contributed by atoms with Gasteiger partial charge in [0.1, 0.15) is 48.8 Å². The topological polar surface area (TPSA) is 228 Å². The van der Waals surface area contributed by atoms with E-state index in [1.54, 1.807) is 0 Å². The van der Waals surface area contributed by atoms with Crippen LogP contribution in [0.15, 0.2) is 72.9 Å². The van der Waals surface area contributed by atoms with Gasteiger partial charge in [-0.2, -0.15) is 0 Å². The van der Waals surface area contributed by atoms with E-state index in [2.05, 4.69) is 79.9 Å². The second-order valence-corrected chi connectivity index (χ2v) is 22.9. The smallest absolute Gasteiger partial charge is 0.220 e.